The Labute approximate surface area is 118 Å². The Morgan fingerprint density at radius 3 is 2.06 bits per heavy atom. The summed E-state index contributed by atoms with van der Waals surface area (Å²) in [5, 5.41) is 0. The van der Waals surface area contributed by atoms with E-state index in [2.05, 4.69) is 3.53 Å². The standard InChI is InChI=1S/C14H8INO2/c15-16-11-7-3-6-10-12(11)14(18)9-5-2-1-4-8(9)13(10)17/h1-7,16H. The van der Waals surface area contributed by atoms with Crippen molar-refractivity contribution in [2.75, 3.05) is 3.53 Å². The van der Waals surface area contributed by atoms with E-state index >= 15 is 0 Å². The Hall–Kier alpha value is -1.69. The highest BCUT2D eigenvalue weighted by molar-refractivity contribution is 14.1. The molecule has 0 unspecified atom stereocenters. The minimum Gasteiger partial charge on any atom is -0.328 e. The number of nitrogens with one attached hydrogen (secondary N) is 1. The second-order valence-electron chi connectivity index (χ2n) is 4.03. The Bertz CT molecular complexity index is 679. The first kappa shape index (κ1) is 11.4. The lowest BCUT2D eigenvalue weighted by Gasteiger charge is -2.19. The maximum Gasteiger partial charge on any atom is 0.196 e. The third kappa shape index (κ3) is 1.49. The Morgan fingerprint density at radius 2 is 1.39 bits per heavy atom. The smallest absolute Gasteiger partial charge is 0.196 e. The van der Waals surface area contributed by atoms with E-state index < -0.39 is 0 Å². The molecule has 0 heterocycles. The number of fused-ring (bicyclic) bond motifs is 2. The molecule has 0 saturated heterocycles. The molecule has 1 N–H and O–H groups in total. The number of hydrogen-bond donors (Lipinski definition) is 1. The number of hydrogen-bond acceptors (Lipinski definition) is 3. The number of rotatable bonds is 1. The van der Waals surface area contributed by atoms with Gasteiger partial charge in [-0.3, -0.25) is 9.59 Å². The van der Waals surface area contributed by atoms with E-state index in [0.29, 0.717) is 27.9 Å². The van der Waals surface area contributed by atoms with Crippen molar-refractivity contribution >= 4 is 40.1 Å². The van der Waals surface area contributed by atoms with Gasteiger partial charge in [-0.1, -0.05) is 36.4 Å². The lowest BCUT2D eigenvalue weighted by Crippen LogP contribution is -2.21. The number of carbonyl (C=O) groups is 2. The van der Waals surface area contributed by atoms with Crippen LogP contribution in [0.1, 0.15) is 31.8 Å². The molecule has 4 heteroatoms. The molecule has 0 bridgehead atoms. The van der Waals surface area contributed by atoms with Crippen molar-refractivity contribution in [1.29, 1.82) is 0 Å². The fourth-order valence-corrected chi connectivity index (χ4v) is 2.67. The van der Waals surface area contributed by atoms with Gasteiger partial charge in [0.05, 0.1) is 34.1 Å². The summed E-state index contributed by atoms with van der Waals surface area (Å²) >= 11 is 1.96. The quantitative estimate of drug-likeness (QED) is 0.542. The highest BCUT2D eigenvalue weighted by Gasteiger charge is 2.30. The van der Waals surface area contributed by atoms with Crippen LogP contribution >= 0.6 is 22.9 Å². The second kappa shape index (κ2) is 4.20. The first-order valence-corrected chi connectivity index (χ1v) is 6.50. The van der Waals surface area contributed by atoms with Gasteiger partial charge in [-0.25, -0.2) is 0 Å². The molecule has 2 aromatic carbocycles. The second-order valence-corrected chi connectivity index (χ2v) is 4.57. The molecular weight excluding hydrogens is 341 g/mol. The summed E-state index contributed by atoms with van der Waals surface area (Å²) in [5.74, 6) is -0.186. The van der Waals surface area contributed by atoms with Gasteiger partial charge in [0.15, 0.2) is 11.6 Å². The van der Waals surface area contributed by atoms with Crippen LogP contribution in [0.3, 0.4) is 0 Å². The Kier molecular flexibility index (Phi) is 2.66. The van der Waals surface area contributed by atoms with E-state index in [1.54, 1.807) is 42.5 Å². The van der Waals surface area contributed by atoms with Gasteiger partial charge < -0.3 is 3.53 Å². The summed E-state index contributed by atoms with van der Waals surface area (Å²) in [6.45, 7) is 0. The molecule has 3 nitrogen and oxygen atoms in total. The third-order valence-electron chi connectivity index (χ3n) is 3.05. The maximum atomic E-state index is 12.4. The molecule has 0 aromatic heterocycles. The van der Waals surface area contributed by atoms with E-state index in [1.165, 1.54) is 0 Å². The molecule has 0 amide bonds. The molecule has 0 aliphatic heterocycles. The Morgan fingerprint density at radius 1 is 0.778 bits per heavy atom. The number of halogens is 1. The zero-order chi connectivity index (χ0) is 12.7. The fourth-order valence-electron chi connectivity index (χ4n) is 2.22. The molecule has 18 heavy (non-hydrogen) atoms. The third-order valence-corrected chi connectivity index (χ3v) is 3.64. The summed E-state index contributed by atoms with van der Waals surface area (Å²) in [4.78, 5) is 24.8. The first-order valence-electron chi connectivity index (χ1n) is 5.42. The maximum absolute atomic E-state index is 12.4. The van der Waals surface area contributed by atoms with Gasteiger partial charge >= 0.3 is 0 Å². The zero-order valence-corrected chi connectivity index (χ0v) is 11.4. The number of ketones is 2. The van der Waals surface area contributed by atoms with Gasteiger partial charge in [0.1, 0.15) is 0 Å². The van der Waals surface area contributed by atoms with E-state index in [1.807, 2.05) is 22.9 Å². The average Bonchev–Trinajstić information content (AvgIpc) is 2.44. The van der Waals surface area contributed by atoms with Gasteiger partial charge in [-0.2, -0.15) is 0 Å². The molecule has 0 radical (unpaired) electrons. The fraction of sp³-hybridized carbons (Fsp3) is 0. The number of carbonyl (C=O) groups excluding carboxylic acids is 2. The van der Waals surface area contributed by atoms with Crippen molar-refractivity contribution in [2.45, 2.75) is 0 Å². The Balaban J connectivity index is 2.34. The lowest BCUT2D eigenvalue weighted by atomic mass is 9.83. The highest BCUT2D eigenvalue weighted by Crippen LogP contribution is 2.32. The van der Waals surface area contributed by atoms with Gasteiger partial charge in [0.25, 0.3) is 0 Å². The minimum absolute atomic E-state index is 0.0892. The van der Waals surface area contributed by atoms with E-state index in [-0.39, 0.29) is 11.6 Å². The normalized spacial score (nSPS) is 12.9. The van der Waals surface area contributed by atoms with E-state index in [9.17, 15) is 9.59 Å². The van der Waals surface area contributed by atoms with E-state index in [0.717, 1.165) is 0 Å². The predicted molar refractivity (Wildman–Crippen MR) is 77.4 cm³/mol. The summed E-state index contributed by atoms with van der Waals surface area (Å²) in [5.41, 5.74) is 2.59. The molecule has 0 spiro atoms. The molecule has 2 aromatic rings. The van der Waals surface area contributed by atoms with E-state index in [4.69, 9.17) is 0 Å². The van der Waals surface area contributed by atoms with Crippen LogP contribution in [0.2, 0.25) is 0 Å². The molecule has 0 fully saturated rings. The topological polar surface area (TPSA) is 46.2 Å². The molecular formula is C14H8INO2. The number of anilines is 1. The van der Waals surface area contributed by atoms with Gasteiger partial charge in [0, 0.05) is 16.7 Å². The van der Waals surface area contributed by atoms with Gasteiger partial charge in [-0.05, 0) is 6.07 Å². The molecule has 0 saturated carbocycles. The van der Waals surface area contributed by atoms with Crippen LogP contribution in [0.25, 0.3) is 0 Å². The summed E-state index contributed by atoms with van der Waals surface area (Å²) in [6.07, 6.45) is 0. The minimum atomic E-state index is -0.0973. The van der Waals surface area contributed by atoms with Crippen molar-refractivity contribution in [3.63, 3.8) is 0 Å². The average molecular weight is 349 g/mol. The molecule has 3 rings (SSSR count). The van der Waals surface area contributed by atoms with Crippen molar-refractivity contribution in [3.8, 4) is 0 Å². The predicted octanol–water partition coefficient (Wildman–Crippen LogP) is 3.22. The summed E-state index contributed by atoms with van der Waals surface area (Å²) in [7, 11) is 0. The highest BCUT2D eigenvalue weighted by atomic mass is 127. The SMILES string of the molecule is O=C1c2ccccc2C(=O)c2c(NI)cccc21. The largest absolute Gasteiger partial charge is 0.328 e. The van der Waals surface area contributed by atoms with Gasteiger partial charge in [0.2, 0.25) is 0 Å². The van der Waals surface area contributed by atoms with Gasteiger partial charge in [-0.15, -0.1) is 0 Å². The van der Waals surface area contributed by atoms with Crippen molar-refractivity contribution in [1.82, 2.24) is 0 Å². The van der Waals surface area contributed by atoms with Crippen molar-refractivity contribution < 1.29 is 9.59 Å². The molecule has 1 aliphatic rings. The molecule has 1 aliphatic carbocycles. The summed E-state index contributed by atoms with van der Waals surface area (Å²) in [6, 6.07) is 12.2. The lowest BCUT2D eigenvalue weighted by molar-refractivity contribution is 0.0980. The number of benzene rings is 2. The zero-order valence-electron chi connectivity index (χ0n) is 9.24. The monoisotopic (exact) mass is 349 g/mol. The van der Waals surface area contributed by atoms with Crippen LogP contribution in [-0.4, -0.2) is 11.6 Å². The molecule has 88 valence electrons. The van der Waals surface area contributed by atoms with Crippen LogP contribution < -0.4 is 3.53 Å². The first-order chi connectivity index (χ1) is 8.74. The molecule has 0 atom stereocenters. The van der Waals surface area contributed by atoms with Crippen LogP contribution in [0.4, 0.5) is 5.69 Å². The van der Waals surface area contributed by atoms with Crippen molar-refractivity contribution in [3.05, 3.63) is 64.7 Å². The van der Waals surface area contributed by atoms with Crippen LogP contribution in [0, 0.1) is 0 Å². The van der Waals surface area contributed by atoms with Crippen LogP contribution in [-0.2, 0) is 0 Å². The van der Waals surface area contributed by atoms with Crippen LogP contribution in [0.15, 0.2) is 42.5 Å². The summed E-state index contributed by atoms with van der Waals surface area (Å²) < 4.78 is 2.93. The van der Waals surface area contributed by atoms with Crippen molar-refractivity contribution in [2.24, 2.45) is 0 Å². The van der Waals surface area contributed by atoms with Crippen LogP contribution in [0.5, 0.6) is 0 Å².